The second-order valence-electron chi connectivity index (χ2n) is 9.04. The van der Waals surface area contributed by atoms with Crippen LogP contribution in [0.2, 0.25) is 0 Å². The van der Waals surface area contributed by atoms with Crippen molar-refractivity contribution in [3.63, 3.8) is 0 Å². The van der Waals surface area contributed by atoms with E-state index in [1.165, 1.54) is 0 Å². The van der Waals surface area contributed by atoms with Crippen molar-refractivity contribution in [1.29, 1.82) is 0 Å². The molecule has 8 nitrogen and oxygen atoms in total. The van der Waals surface area contributed by atoms with E-state index in [1.807, 2.05) is 13.0 Å². The van der Waals surface area contributed by atoms with Crippen molar-refractivity contribution < 1.29 is 38.1 Å². The maximum atomic E-state index is 12.6. The van der Waals surface area contributed by atoms with Gasteiger partial charge in [-0.05, 0) is 82.6 Å². The molecule has 0 aliphatic rings. The van der Waals surface area contributed by atoms with Crippen molar-refractivity contribution in [3.05, 3.63) is 78.9 Å². The largest absolute Gasteiger partial charge is 0.490 e. The van der Waals surface area contributed by atoms with Crippen molar-refractivity contribution in [1.82, 2.24) is 0 Å². The van der Waals surface area contributed by atoms with Crippen LogP contribution in [0.25, 0.3) is 0 Å². The first kappa shape index (κ1) is 32.1. The highest BCUT2D eigenvalue weighted by Crippen LogP contribution is 2.37. The molecule has 8 heteroatoms. The van der Waals surface area contributed by atoms with Gasteiger partial charge in [-0.25, -0.2) is 14.4 Å². The summed E-state index contributed by atoms with van der Waals surface area (Å²) in [5.41, 5.74) is 1.14. The van der Waals surface area contributed by atoms with E-state index in [0.29, 0.717) is 54.8 Å². The monoisotopic (exact) mass is 552 g/mol. The van der Waals surface area contributed by atoms with Gasteiger partial charge in [0.05, 0.1) is 32.0 Å². The van der Waals surface area contributed by atoms with Crippen LogP contribution in [-0.2, 0) is 19.1 Å². The fourth-order valence-electron chi connectivity index (χ4n) is 3.72. The van der Waals surface area contributed by atoms with Gasteiger partial charge in [-0.15, -0.1) is 0 Å². The highest BCUT2D eigenvalue weighted by atomic mass is 16.5. The smallest absolute Gasteiger partial charge is 0.343 e. The molecule has 0 saturated carbocycles. The summed E-state index contributed by atoms with van der Waals surface area (Å²) in [7, 11) is 0. The van der Waals surface area contributed by atoms with E-state index in [0.717, 1.165) is 63.5 Å². The fourth-order valence-corrected chi connectivity index (χ4v) is 3.72. The Hall–Kier alpha value is -4.07. The minimum Gasteiger partial charge on any atom is -0.490 e. The first-order chi connectivity index (χ1) is 19.5. The zero-order chi connectivity index (χ0) is 29.0. The summed E-state index contributed by atoms with van der Waals surface area (Å²) in [5, 5.41) is 0. The van der Waals surface area contributed by atoms with Crippen molar-refractivity contribution in [2.75, 3.05) is 26.4 Å². The molecule has 40 heavy (non-hydrogen) atoms. The topological polar surface area (TPSA) is 97.4 Å². The molecule has 0 aromatic heterocycles. The second kappa shape index (κ2) is 19.1. The van der Waals surface area contributed by atoms with Crippen molar-refractivity contribution in [2.24, 2.45) is 0 Å². The Kier molecular flexibility index (Phi) is 15.3. The number of hydrogen-bond donors (Lipinski definition) is 0. The zero-order valence-corrected chi connectivity index (χ0v) is 23.4. The molecule has 0 radical (unpaired) electrons. The van der Waals surface area contributed by atoms with Gasteiger partial charge in [-0.3, -0.25) is 0 Å². The number of ether oxygens (including phenoxy) is 5. The molecule has 2 aromatic rings. The number of unbranched alkanes of at least 4 members (excludes halogenated alkanes) is 6. The predicted molar refractivity (Wildman–Crippen MR) is 153 cm³/mol. The van der Waals surface area contributed by atoms with Gasteiger partial charge in [0, 0.05) is 17.7 Å². The number of hydrogen-bond acceptors (Lipinski definition) is 8. The van der Waals surface area contributed by atoms with Crippen LogP contribution in [0.4, 0.5) is 0 Å². The van der Waals surface area contributed by atoms with Crippen LogP contribution >= 0.6 is 0 Å². The van der Waals surface area contributed by atoms with E-state index in [9.17, 15) is 14.4 Å². The average Bonchev–Trinajstić information content (AvgIpc) is 2.98. The normalized spacial score (nSPS) is 10.3. The van der Waals surface area contributed by atoms with Gasteiger partial charge in [0.2, 0.25) is 0 Å². The van der Waals surface area contributed by atoms with E-state index in [1.54, 1.807) is 36.4 Å². The van der Waals surface area contributed by atoms with E-state index >= 15 is 0 Å². The summed E-state index contributed by atoms with van der Waals surface area (Å²) in [6.07, 6.45) is 9.15. The number of carbonyl (C=O) groups excluding carboxylic acids is 3. The number of benzene rings is 2. The van der Waals surface area contributed by atoms with E-state index in [4.69, 9.17) is 23.7 Å². The Morgan fingerprint density at radius 2 is 1.15 bits per heavy atom. The van der Waals surface area contributed by atoms with Gasteiger partial charge in [0.15, 0.2) is 11.5 Å². The molecule has 2 rings (SSSR count). The zero-order valence-electron chi connectivity index (χ0n) is 23.4. The number of carbonyl (C=O) groups is 3. The summed E-state index contributed by atoms with van der Waals surface area (Å²) in [6.45, 7) is 10.3. The molecule has 0 atom stereocenters. The van der Waals surface area contributed by atoms with Crippen LogP contribution in [0.15, 0.2) is 67.8 Å². The summed E-state index contributed by atoms with van der Waals surface area (Å²) in [4.78, 5) is 34.8. The standard InChI is InChI=1S/C32H40O8/c1-4-29(33)37-22-14-7-6-13-21-36-28-20-19-27(40-32(35)26-17-11-10-12-18-26)25(3)31(28)39-24-16-9-8-15-23-38-30(34)5-2/h4-5,10-12,17-20H,1-2,6-9,13-16,21-24H2,3H3. The lowest BCUT2D eigenvalue weighted by Gasteiger charge is -2.17. The first-order valence-corrected chi connectivity index (χ1v) is 13.7. The molecule has 0 saturated heterocycles. The van der Waals surface area contributed by atoms with Crippen LogP contribution in [0.5, 0.6) is 17.2 Å². The molecular formula is C32H40O8. The van der Waals surface area contributed by atoms with Gasteiger partial charge >= 0.3 is 17.9 Å². The molecule has 0 unspecified atom stereocenters. The summed E-state index contributed by atoms with van der Waals surface area (Å²) < 4.78 is 27.8. The van der Waals surface area contributed by atoms with Crippen LogP contribution in [-0.4, -0.2) is 44.3 Å². The molecule has 0 heterocycles. The minimum atomic E-state index is -0.445. The minimum absolute atomic E-state index is 0.373. The van der Waals surface area contributed by atoms with Crippen molar-refractivity contribution >= 4 is 17.9 Å². The molecule has 216 valence electrons. The van der Waals surface area contributed by atoms with Gasteiger partial charge in [0.1, 0.15) is 5.75 Å². The summed E-state index contributed by atoms with van der Waals surface area (Å²) in [6, 6.07) is 12.3. The van der Waals surface area contributed by atoms with Gasteiger partial charge in [0.25, 0.3) is 0 Å². The van der Waals surface area contributed by atoms with E-state index in [2.05, 4.69) is 13.2 Å². The SMILES string of the molecule is C=CC(=O)OCCCCCCOc1ccc(OC(=O)c2ccccc2)c(C)c1OCCCCCCOC(=O)C=C. The highest BCUT2D eigenvalue weighted by Gasteiger charge is 2.17. The Morgan fingerprint density at radius 1 is 0.650 bits per heavy atom. The molecule has 2 aromatic carbocycles. The lowest BCUT2D eigenvalue weighted by Crippen LogP contribution is -2.10. The Balaban J connectivity index is 1.91. The second-order valence-corrected chi connectivity index (χ2v) is 9.04. The fraction of sp³-hybridized carbons (Fsp3) is 0.406. The van der Waals surface area contributed by atoms with Crippen LogP contribution in [0.3, 0.4) is 0 Å². The molecule has 0 N–H and O–H groups in total. The van der Waals surface area contributed by atoms with Crippen LogP contribution in [0.1, 0.15) is 67.3 Å². The first-order valence-electron chi connectivity index (χ1n) is 13.7. The van der Waals surface area contributed by atoms with Crippen LogP contribution < -0.4 is 14.2 Å². The lowest BCUT2D eigenvalue weighted by atomic mass is 10.1. The van der Waals surface area contributed by atoms with E-state index < -0.39 is 17.9 Å². The lowest BCUT2D eigenvalue weighted by molar-refractivity contribution is -0.138. The maximum Gasteiger partial charge on any atom is 0.343 e. The Morgan fingerprint density at radius 3 is 1.70 bits per heavy atom. The molecule has 0 spiro atoms. The quantitative estimate of drug-likeness (QED) is 0.0789. The predicted octanol–water partition coefficient (Wildman–Crippen LogP) is 6.55. The summed E-state index contributed by atoms with van der Waals surface area (Å²) in [5.74, 6) is 0.294. The number of esters is 3. The van der Waals surface area contributed by atoms with Gasteiger partial charge in [-0.1, -0.05) is 31.4 Å². The Bertz CT molecular complexity index is 1090. The van der Waals surface area contributed by atoms with Crippen molar-refractivity contribution in [2.45, 2.75) is 58.3 Å². The third-order valence-electron chi connectivity index (χ3n) is 5.94. The molecule has 0 fully saturated rings. The van der Waals surface area contributed by atoms with Crippen molar-refractivity contribution in [3.8, 4) is 17.2 Å². The molecule has 0 bridgehead atoms. The molecule has 0 aliphatic carbocycles. The Labute approximate surface area is 236 Å². The van der Waals surface area contributed by atoms with E-state index in [-0.39, 0.29) is 0 Å². The van der Waals surface area contributed by atoms with Crippen LogP contribution in [0, 0.1) is 6.92 Å². The number of rotatable bonds is 20. The average molecular weight is 553 g/mol. The summed E-state index contributed by atoms with van der Waals surface area (Å²) >= 11 is 0. The molecular weight excluding hydrogens is 512 g/mol. The van der Waals surface area contributed by atoms with Gasteiger partial charge in [-0.2, -0.15) is 0 Å². The third-order valence-corrected chi connectivity index (χ3v) is 5.94. The maximum absolute atomic E-state index is 12.6. The highest BCUT2D eigenvalue weighted by molar-refractivity contribution is 5.91. The molecule has 0 aliphatic heterocycles. The third kappa shape index (κ3) is 12.2. The molecule has 0 amide bonds. The van der Waals surface area contributed by atoms with Gasteiger partial charge < -0.3 is 23.7 Å².